The summed E-state index contributed by atoms with van der Waals surface area (Å²) in [4.78, 5) is 2.31. The molecule has 1 aromatic carbocycles. The Labute approximate surface area is 105 Å². The zero-order valence-electron chi connectivity index (χ0n) is 11.7. The van der Waals surface area contributed by atoms with E-state index in [1.54, 1.807) is 0 Å². The fraction of sp³-hybridized carbons (Fsp3) is 0.600. The molecule has 2 heteroatoms. The van der Waals surface area contributed by atoms with E-state index in [2.05, 4.69) is 57.8 Å². The maximum Gasteiger partial charge on any atom is 0.0448 e. The van der Waals surface area contributed by atoms with Gasteiger partial charge in [0.05, 0.1) is 0 Å². The van der Waals surface area contributed by atoms with E-state index >= 15 is 0 Å². The van der Waals surface area contributed by atoms with Crippen LogP contribution in [0.1, 0.15) is 37.0 Å². The summed E-state index contributed by atoms with van der Waals surface area (Å²) in [7, 11) is 2.12. The lowest BCUT2D eigenvalue weighted by Crippen LogP contribution is -2.41. The molecular formula is C15H25NO. The molecular weight excluding hydrogens is 210 g/mol. The average molecular weight is 235 g/mol. The lowest BCUT2D eigenvalue weighted by molar-refractivity contribution is 0.110. The predicted octanol–water partition coefficient (Wildman–Crippen LogP) is 2.90. The summed E-state index contributed by atoms with van der Waals surface area (Å²) >= 11 is 0. The van der Waals surface area contributed by atoms with Crippen molar-refractivity contribution >= 4 is 0 Å². The first kappa shape index (κ1) is 14.2. The molecule has 0 heterocycles. The van der Waals surface area contributed by atoms with E-state index < -0.39 is 0 Å². The number of aliphatic hydroxyl groups excluding tert-OH is 1. The van der Waals surface area contributed by atoms with Crippen LogP contribution < -0.4 is 0 Å². The number of rotatable bonds is 5. The third-order valence-electron chi connectivity index (χ3n) is 3.67. The van der Waals surface area contributed by atoms with Gasteiger partial charge in [-0.1, -0.05) is 23.8 Å². The highest BCUT2D eigenvalue weighted by Gasteiger charge is 2.23. The number of hydrogen-bond acceptors (Lipinski definition) is 2. The summed E-state index contributed by atoms with van der Waals surface area (Å²) < 4.78 is 0. The number of benzene rings is 1. The molecule has 17 heavy (non-hydrogen) atoms. The molecule has 0 bridgehead atoms. The standard InChI is InChI=1S/C15H25NO/c1-12-6-7-13(2)14(10-12)11-16(5)15(3,4)8-9-17/h6-7,10,17H,8-9,11H2,1-5H3. The Kier molecular flexibility index (Phi) is 4.72. The van der Waals surface area contributed by atoms with Gasteiger partial charge in [-0.3, -0.25) is 4.90 Å². The van der Waals surface area contributed by atoms with E-state index in [1.165, 1.54) is 16.7 Å². The van der Waals surface area contributed by atoms with Crippen molar-refractivity contribution in [2.45, 2.75) is 46.2 Å². The molecule has 96 valence electrons. The van der Waals surface area contributed by atoms with Crippen LogP contribution in [0, 0.1) is 13.8 Å². The van der Waals surface area contributed by atoms with Crippen molar-refractivity contribution in [1.82, 2.24) is 4.90 Å². The molecule has 1 N–H and O–H groups in total. The van der Waals surface area contributed by atoms with Gasteiger partial charge >= 0.3 is 0 Å². The molecule has 2 nitrogen and oxygen atoms in total. The van der Waals surface area contributed by atoms with Crippen molar-refractivity contribution in [3.8, 4) is 0 Å². The molecule has 1 aromatic rings. The largest absolute Gasteiger partial charge is 0.396 e. The second-order valence-corrected chi connectivity index (χ2v) is 5.57. The van der Waals surface area contributed by atoms with Crippen LogP contribution in [0.3, 0.4) is 0 Å². The van der Waals surface area contributed by atoms with Crippen LogP contribution in [0.4, 0.5) is 0 Å². The summed E-state index contributed by atoms with van der Waals surface area (Å²) in [5, 5.41) is 9.09. The van der Waals surface area contributed by atoms with Crippen LogP contribution in [-0.4, -0.2) is 29.2 Å². The quantitative estimate of drug-likeness (QED) is 0.848. The van der Waals surface area contributed by atoms with Crippen molar-refractivity contribution < 1.29 is 5.11 Å². The first-order valence-corrected chi connectivity index (χ1v) is 6.25. The number of nitrogens with zero attached hydrogens (tertiary/aromatic N) is 1. The van der Waals surface area contributed by atoms with Crippen molar-refractivity contribution in [3.63, 3.8) is 0 Å². The van der Waals surface area contributed by atoms with E-state index in [1.807, 2.05) is 0 Å². The first-order valence-electron chi connectivity index (χ1n) is 6.25. The minimum Gasteiger partial charge on any atom is -0.396 e. The Bertz CT molecular complexity index is 371. The Balaban J connectivity index is 2.80. The fourth-order valence-electron chi connectivity index (χ4n) is 1.90. The van der Waals surface area contributed by atoms with Crippen LogP contribution in [0.25, 0.3) is 0 Å². The van der Waals surface area contributed by atoms with Crippen LogP contribution in [0.15, 0.2) is 18.2 Å². The minimum absolute atomic E-state index is 0.0327. The summed E-state index contributed by atoms with van der Waals surface area (Å²) in [6.07, 6.45) is 0.800. The molecule has 0 fully saturated rings. The van der Waals surface area contributed by atoms with Crippen molar-refractivity contribution in [3.05, 3.63) is 34.9 Å². The SMILES string of the molecule is Cc1ccc(C)c(CN(C)C(C)(C)CCO)c1. The van der Waals surface area contributed by atoms with Gasteiger partial charge in [-0.2, -0.15) is 0 Å². The second-order valence-electron chi connectivity index (χ2n) is 5.57. The molecule has 0 unspecified atom stereocenters. The zero-order chi connectivity index (χ0) is 13.1. The summed E-state index contributed by atoms with van der Waals surface area (Å²) in [6.45, 7) is 9.80. The van der Waals surface area contributed by atoms with E-state index in [4.69, 9.17) is 5.11 Å². The van der Waals surface area contributed by atoms with Gasteiger partial charge in [0.2, 0.25) is 0 Å². The molecule has 0 radical (unpaired) electrons. The predicted molar refractivity (Wildman–Crippen MR) is 73.2 cm³/mol. The normalized spacial score (nSPS) is 12.2. The number of hydrogen-bond donors (Lipinski definition) is 1. The molecule has 0 aliphatic carbocycles. The highest BCUT2D eigenvalue weighted by molar-refractivity contribution is 5.30. The van der Waals surface area contributed by atoms with Crippen LogP contribution in [0.5, 0.6) is 0 Å². The summed E-state index contributed by atoms with van der Waals surface area (Å²) in [6, 6.07) is 6.58. The van der Waals surface area contributed by atoms with E-state index in [0.29, 0.717) is 0 Å². The van der Waals surface area contributed by atoms with Gasteiger partial charge in [0.15, 0.2) is 0 Å². The van der Waals surface area contributed by atoms with Gasteiger partial charge < -0.3 is 5.11 Å². The van der Waals surface area contributed by atoms with Gasteiger partial charge in [0, 0.05) is 18.7 Å². The summed E-state index contributed by atoms with van der Waals surface area (Å²) in [5.74, 6) is 0. The van der Waals surface area contributed by atoms with Crippen LogP contribution >= 0.6 is 0 Å². The molecule has 0 saturated carbocycles. The molecule has 0 amide bonds. The Morgan fingerprint density at radius 2 is 1.88 bits per heavy atom. The van der Waals surface area contributed by atoms with Gasteiger partial charge in [-0.05, 0) is 52.3 Å². The second kappa shape index (κ2) is 5.65. The minimum atomic E-state index is 0.0327. The molecule has 0 atom stereocenters. The van der Waals surface area contributed by atoms with Gasteiger partial charge in [0.1, 0.15) is 0 Å². The van der Waals surface area contributed by atoms with E-state index in [0.717, 1.165) is 13.0 Å². The van der Waals surface area contributed by atoms with Gasteiger partial charge in [-0.15, -0.1) is 0 Å². The van der Waals surface area contributed by atoms with Crippen LogP contribution in [0.2, 0.25) is 0 Å². The smallest absolute Gasteiger partial charge is 0.0448 e. The van der Waals surface area contributed by atoms with E-state index in [-0.39, 0.29) is 12.1 Å². The van der Waals surface area contributed by atoms with Crippen molar-refractivity contribution in [2.24, 2.45) is 0 Å². The highest BCUT2D eigenvalue weighted by atomic mass is 16.3. The van der Waals surface area contributed by atoms with Gasteiger partial charge in [0.25, 0.3) is 0 Å². The lowest BCUT2D eigenvalue weighted by Gasteiger charge is -2.35. The molecule has 1 rings (SSSR count). The lowest BCUT2D eigenvalue weighted by atomic mass is 9.97. The Morgan fingerprint density at radius 1 is 1.24 bits per heavy atom. The maximum atomic E-state index is 9.09. The fourth-order valence-corrected chi connectivity index (χ4v) is 1.90. The molecule has 0 aromatic heterocycles. The van der Waals surface area contributed by atoms with Crippen molar-refractivity contribution in [1.29, 1.82) is 0 Å². The zero-order valence-corrected chi connectivity index (χ0v) is 11.7. The number of aliphatic hydroxyl groups is 1. The van der Waals surface area contributed by atoms with E-state index in [9.17, 15) is 0 Å². The molecule has 0 saturated heterocycles. The maximum absolute atomic E-state index is 9.09. The Hall–Kier alpha value is -0.860. The first-order chi connectivity index (χ1) is 7.86. The third kappa shape index (κ3) is 3.83. The molecule has 0 aliphatic rings. The number of aryl methyl sites for hydroxylation is 2. The topological polar surface area (TPSA) is 23.5 Å². The highest BCUT2D eigenvalue weighted by Crippen LogP contribution is 2.21. The summed E-state index contributed by atoms with van der Waals surface area (Å²) in [5.41, 5.74) is 4.05. The third-order valence-corrected chi connectivity index (χ3v) is 3.67. The molecule has 0 aliphatic heterocycles. The molecule has 0 spiro atoms. The Morgan fingerprint density at radius 3 is 2.47 bits per heavy atom. The van der Waals surface area contributed by atoms with Crippen molar-refractivity contribution in [2.75, 3.05) is 13.7 Å². The average Bonchev–Trinajstić information content (AvgIpc) is 2.23. The van der Waals surface area contributed by atoms with Gasteiger partial charge in [-0.25, -0.2) is 0 Å². The monoisotopic (exact) mass is 235 g/mol. The van der Waals surface area contributed by atoms with Crippen LogP contribution in [-0.2, 0) is 6.54 Å².